The molecular weight excluding hydrogens is 270 g/mol. The number of para-hydroxylation sites is 1. The van der Waals surface area contributed by atoms with Gasteiger partial charge < -0.3 is 9.84 Å². The van der Waals surface area contributed by atoms with Gasteiger partial charge in [0.15, 0.2) is 0 Å². The second kappa shape index (κ2) is 10.5. The summed E-state index contributed by atoms with van der Waals surface area (Å²) in [6.07, 6.45) is 6.71. The summed E-state index contributed by atoms with van der Waals surface area (Å²) in [4.78, 5) is 21.7. The molecule has 0 aromatic heterocycles. The number of carboxylic acids is 1. The van der Waals surface area contributed by atoms with E-state index >= 15 is 0 Å². The molecule has 0 aliphatic rings. The predicted molar refractivity (Wildman–Crippen MR) is 81.3 cm³/mol. The molecule has 0 radical (unpaired) electrons. The molecule has 1 rings (SSSR count). The Labute approximate surface area is 124 Å². The molecule has 2 N–H and O–H groups in total. The SMILES string of the molecule is O=C(O)C/C=C/CCCCCOC(=O)Nc1ccccc1. The largest absolute Gasteiger partial charge is 0.481 e. The first-order valence-corrected chi connectivity index (χ1v) is 7.04. The highest BCUT2D eigenvalue weighted by Crippen LogP contribution is 2.06. The Balaban J connectivity index is 1.98. The van der Waals surface area contributed by atoms with Crippen LogP contribution in [-0.2, 0) is 9.53 Å². The first kappa shape index (κ1) is 16.8. The van der Waals surface area contributed by atoms with E-state index in [4.69, 9.17) is 9.84 Å². The molecule has 0 fully saturated rings. The van der Waals surface area contributed by atoms with Gasteiger partial charge in [-0.1, -0.05) is 30.4 Å². The minimum atomic E-state index is -0.816. The number of anilines is 1. The van der Waals surface area contributed by atoms with E-state index in [-0.39, 0.29) is 6.42 Å². The lowest BCUT2D eigenvalue weighted by Crippen LogP contribution is -2.14. The van der Waals surface area contributed by atoms with E-state index in [0.717, 1.165) is 25.7 Å². The maximum absolute atomic E-state index is 11.5. The summed E-state index contributed by atoms with van der Waals surface area (Å²) in [5, 5.41) is 11.1. The van der Waals surface area contributed by atoms with Crippen molar-refractivity contribution in [1.82, 2.24) is 0 Å². The van der Waals surface area contributed by atoms with Crippen LogP contribution in [0.5, 0.6) is 0 Å². The fourth-order valence-corrected chi connectivity index (χ4v) is 1.68. The van der Waals surface area contributed by atoms with Gasteiger partial charge in [0.25, 0.3) is 0 Å². The summed E-state index contributed by atoms with van der Waals surface area (Å²) < 4.78 is 5.06. The molecule has 0 spiro atoms. The van der Waals surface area contributed by atoms with Gasteiger partial charge in [-0.2, -0.15) is 0 Å². The zero-order valence-corrected chi connectivity index (χ0v) is 12.0. The Morgan fingerprint density at radius 2 is 1.86 bits per heavy atom. The molecule has 0 atom stereocenters. The molecule has 0 heterocycles. The third-order valence-corrected chi connectivity index (χ3v) is 2.73. The highest BCUT2D eigenvalue weighted by molar-refractivity contribution is 5.84. The van der Waals surface area contributed by atoms with E-state index in [1.54, 1.807) is 18.2 Å². The van der Waals surface area contributed by atoms with Gasteiger partial charge in [0, 0.05) is 5.69 Å². The molecular formula is C16H21NO4. The van der Waals surface area contributed by atoms with Crippen molar-refractivity contribution in [1.29, 1.82) is 0 Å². The van der Waals surface area contributed by atoms with Crippen molar-refractivity contribution in [3.63, 3.8) is 0 Å². The van der Waals surface area contributed by atoms with Gasteiger partial charge in [-0.3, -0.25) is 10.1 Å². The zero-order valence-electron chi connectivity index (χ0n) is 12.0. The van der Waals surface area contributed by atoms with E-state index < -0.39 is 12.1 Å². The van der Waals surface area contributed by atoms with E-state index in [1.165, 1.54) is 0 Å². The van der Waals surface area contributed by atoms with Gasteiger partial charge in [0.2, 0.25) is 0 Å². The number of hydrogen-bond donors (Lipinski definition) is 2. The number of unbranched alkanes of at least 4 members (excludes halogenated alkanes) is 3. The van der Waals surface area contributed by atoms with Crippen molar-refractivity contribution in [2.24, 2.45) is 0 Å². The summed E-state index contributed by atoms with van der Waals surface area (Å²) in [7, 11) is 0. The van der Waals surface area contributed by atoms with Crippen LogP contribution in [0.3, 0.4) is 0 Å². The van der Waals surface area contributed by atoms with Gasteiger partial charge in [-0.25, -0.2) is 4.79 Å². The molecule has 5 nitrogen and oxygen atoms in total. The maximum Gasteiger partial charge on any atom is 0.411 e. The third kappa shape index (κ3) is 9.27. The molecule has 1 aromatic carbocycles. The van der Waals surface area contributed by atoms with Crippen molar-refractivity contribution in [2.45, 2.75) is 32.1 Å². The van der Waals surface area contributed by atoms with Crippen LogP contribution in [0.2, 0.25) is 0 Å². The summed E-state index contributed by atoms with van der Waals surface area (Å²) in [5.74, 6) is -0.816. The predicted octanol–water partition coefficient (Wildman–Crippen LogP) is 3.83. The van der Waals surface area contributed by atoms with E-state index in [0.29, 0.717) is 12.3 Å². The molecule has 1 amide bonds. The van der Waals surface area contributed by atoms with Gasteiger partial charge in [-0.05, 0) is 37.8 Å². The molecule has 0 bridgehead atoms. The van der Waals surface area contributed by atoms with Gasteiger partial charge in [-0.15, -0.1) is 0 Å². The average molecular weight is 291 g/mol. The smallest absolute Gasteiger partial charge is 0.411 e. The molecule has 21 heavy (non-hydrogen) atoms. The van der Waals surface area contributed by atoms with Crippen LogP contribution in [-0.4, -0.2) is 23.8 Å². The molecule has 5 heteroatoms. The van der Waals surface area contributed by atoms with Gasteiger partial charge in [0.1, 0.15) is 0 Å². The number of nitrogens with one attached hydrogen (secondary N) is 1. The van der Waals surface area contributed by atoms with Crippen molar-refractivity contribution in [3.05, 3.63) is 42.5 Å². The van der Waals surface area contributed by atoms with Crippen LogP contribution in [0.4, 0.5) is 10.5 Å². The molecule has 1 aromatic rings. The fraction of sp³-hybridized carbons (Fsp3) is 0.375. The molecule has 0 saturated heterocycles. The molecule has 114 valence electrons. The second-order valence-corrected chi connectivity index (χ2v) is 4.55. The van der Waals surface area contributed by atoms with Crippen LogP contribution >= 0.6 is 0 Å². The Morgan fingerprint density at radius 1 is 1.10 bits per heavy atom. The number of carboxylic acid groups (broad SMARTS) is 1. The average Bonchev–Trinajstić information content (AvgIpc) is 2.46. The van der Waals surface area contributed by atoms with Crippen molar-refractivity contribution in [2.75, 3.05) is 11.9 Å². The first-order valence-electron chi connectivity index (χ1n) is 7.04. The number of carbonyl (C=O) groups excluding carboxylic acids is 1. The second-order valence-electron chi connectivity index (χ2n) is 4.55. The summed E-state index contributed by atoms with van der Waals surface area (Å²) in [5.41, 5.74) is 0.714. The molecule has 0 aliphatic carbocycles. The number of amides is 1. The Bertz CT molecular complexity index is 457. The monoisotopic (exact) mass is 291 g/mol. The lowest BCUT2D eigenvalue weighted by molar-refractivity contribution is -0.136. The highest BCUT2D eigenvalue weighted by Gasteiger charge is 2.01. The summed E-state index contributed by atoms with van der Waals surface area (Å²) in [6, 6.07) is 9.15. The lowest BCUT2D eigenvalue weighted by Gasteiger charge is -2.06. The van der Waals surface area contributed by atoms with Gasteiger partial charge in [0.05, 0.1) is 13.0 Å². The third-order valence-electron chi connectivity index (χ3n) is 2.73. The minimum Gasteiger partial charge on any atom is -0.481 e. The molecule has 0 aliphatic heterocycles. The topological polar surface area (TPSA) is 75.6 Å². The number of hydrogen-bond acceptors (Lipinski definition) is 3. The minimum absolute atomic E-state index is 0.0722. The normalized spacial score (nSPS) is 10.5. The van der Waals surface area contributed by atoms with Crippen molar-refractivity contribution >= 4 is 17.7 Å². The van der Waals surface area contributed by atoms with Gasteiger partial charge >= 0.3 is 12.1 Å². The van der Waals surface area contributed by atoms with Crippen LogP contribution in [0, 0.1) is 0 Å². The van der Waals surface area contributed by atoms with Crippen molar-refractivity contribution in [3.8, 4) is 0 Å². The number of rotatable bonds is 9. The van der Waals surface area contributed by atoms with E-state index in [1.807, 2.05) is 24.3 Å². The number of aliphatic carboxylic acids is 1. The van der Waals surface area contributed by atoms with E-state index in [9.17, 15) is 9.59 Å². The summed E-state index contributed by atoms with van der Waals surface area (Å²) >= 11 is 0. The number of ether oxygens (including phenoxy) is 1. The summed E-state index contributed by atoms with van der Waals surface area (Å²) in [6.45, 7) is 0.386. The number of benzene rings is 1. The van der Waals surface area contributed by atoms with Crippen LogP contribution in [0.25, 0.3) is 0 Å². The molecule has 0 unspecified atom stereocenters. The fourth-order valence-electron chi connectivity index (χ4n) is 1.68. The standard InChI is InChI=1S/C16H21NO4/c18-15(19)12-8-3-1-2-4-9-13-21-16(20)17-14-10-6-5-7-11-14/h3,5-8,10-11H,1-2,4,9,12-13H2,(H,17,20)(H,18,19)/b8-3+. The lowest BCUT2D eigenvalue weighted by atomic mass is 10.2. The Hall–Kier alpha value is -2.30. The van der Waals surface area contributed by atoms with E-state index in [2.05, 4.69) is 5.32 Å². The first-order chi connectivity index (χ1) is 10.2. The highest BCUT2D eigenvalue weighted by atomic mass is 16.5. The van der Waals surface area contributed by atoms with Crippen molar-refractivity contribution < 1.29 is 19.4 Å². The van der Waals surface area contributed by atoms with Crippen LogP contribution < -0.4 is 5.32 Å². The Morgan fingerprint density at radius 3 is 2.57 bits per heavy atom. The Kier molecular flexibility index (Phi) is 8.36. The quantitative estimate of drug-likeness (QED) is 0.535. The zero-order chi connectivity index (χ0) is 15.3. The van der Waals surface area contributed by atoms with Crippen LogP contribution in [0.1, 0.15) is 32.1 Å². The molecule has 0 saturated carbocycles. The maximum atomic E-state index is 11.5. The van der Waals surface area contributed by atoms with Crippen LogP contribution in [0.15, 0.2) is 42.5 Å². The number of allylic oxidation sites excluding steroid dienone is 1. The number of carbonyl (C=O) groups is 2.